The number of anilines is 1. The summed E-state index contributed by atoms with van der Waals surface area (Å²) in [6.45, 7) is 7.61. The summed E-state index contributed by atoms with van der Waals surface area (Å²) < 4.78 is 8.62. The fourth-order valence-electron chi connectivity index (χ4n) is 4.70. The molecule has 3 fully saturated rings. The van der Waals surface area contributed by atoms with Crippen molar-refractivity contribution in [2.24, 2.45) is 17.8 Å². The van der Waals surface area contributed by atoms with Crippen LogP contribution in [0.15, 0.2) is 12.4 Å². The van der Waals surface area contributed by atoms with E-state index >= 15 is 0 Å². The highest BCUT2D eigenvalue weighted by molar-refractivity contribution is 7.96. The van der Waals surface area contributed by atoms with Gasteiger partial charge >= 0.3 is 0 Å². The van der Waals surface area contributed by atoms with Crippen molar-refractivity contribution in [2.45, 2.75) is 45.1 Å². The molecule has 0 amide bonds. The maximum atomic E-state index is 6.16. The van der Waals surface area contributed by atoms with E-state index in [2.05, 4.69) is 26.1 Å². The molecule has 1 saturated carbocycles. The van der Waals surface area contributed by atoms with Crippen molar-refractivity contribution >= 4 is 29.5 Å². The predicted molar refractivity (Wildman–Crippen MR) is 112 cm³/mol. The second-order valence-electron chi connectivity index (χ2n) is 8.06. The summed E-state index contributed by atoms with van der Waals surface area (Å²) in [4.78, 5) is 11.0. The summed E-state index contributed by atoms with van der Waals surface area (Å²) in [5, 5.41) is 0.603. The number of aromatic nitrogens is 2. The molecule has 2 aliphatic heterocycles. The Morgan fingerprint density at radius 1 is 1.19 bits per heavy atom. The fraction of sp³-hybridized carbons (Fsp3) is 0.800. The van der Waals surface area contributed by atoms with E-state index in [-0.39, 0.29) is 0 Å². The Labute approximate surface area is 172 Å². The lowest BCUT2D eigenvalue weighted by Crippen LogP contribution is -2.35. The predicted octanol–water partition coefficient (Wildman–Crippen LogP) is 4.13. The van der Waals surface area contributed by atoms with Crippen LogP contribution in [-0.4, -0.2) is 58.9 Å². The molecule has 0 spiro atoms. The number of ether oxygens (including phenoxy) is 1. The van der Waals surface area contributed by atoms with Crippen LogP contribution in [0.25, 0.3) is 0 Å². The summed E-state index contributed by atoms with van der Waals surface area (Å²) >= 11 is 7.83. The van der Waals surface area contributed by atoms with Gasteiger partial charge in [0.25, 0.3) is 0 Å². The minimum absolute atomic E-state index is 0.462. The molecule has 1 aromatic rings. The van der Waals surface area contributed by atoms with Gasteiger partial charge in [0.1, 0.15) is 0 Å². The molecule has 27 heavy (non-hydrogen) atoms. The first kappa shape index (κ1) is 19.7. The van der Waals surface area contributed by atoms with Crippen LogP contribution in [0.1, 0.15) is 39.0 Å². The molecule has 3 aliphatic rings. The van der Waals surface area contributed by atoms with Gasteiger partial charge < -0.3 is 9.64 Å². The lowest BCUT2D eigenvalue weighted by molar-refractivity contribution is 0.0586. The summed E-state index contributed by atoms with van der Waals surface area (Å²) in [6.07, 6.45) is 10.2. The molecule has 0 bridgehead atoms. The Balaban J connectivity index is 1.12. The van der Waals surface area contributed by atoms with Gasteiger partial charge in [0.15, 0.2) is 0 Å². The van der Waals surface area contributed by atoms with Gasteiger partial charge in [-0.05, 0) is 49.9 Å². The summed E-state index contributed by atoms with van der Waals surface area (Å²) in [5.74, 6) is 4.69. The van der Waals surface area contributed by atoms with E-state index < -0.39 is 0 Å². The Morgan fingerprint density at radius 2 is 1.96 bits per heavy atom. The number of halogens is 1. The highest BCUT2D eigenvalue weighted by atomic mass is 35.5. The molecule has 4 rings (SSSR count). The molecule has 0 N–H and O–H groups in total. The Morgan fingerprint density at radius 3 is 2.70 bits per heavy atom. The largest absolute Gasteiger partial charge is 0.377 e. The van der Waals surface area contributed by atoms with Crippen molar-refractivity contribution in [3.05, 3.63) is 17.4 Å². The number of rotatable bonds is 8. The van der Waals surface area contributed by atoms with E-state index in [4.69, 9.17) is 16.3 Å². The van der Waals surface area contributed by atoms with Crippen LogP contribution in [0.5, 0.6) is 0 Å². The number of hydrogen-bond acceptors (Lipinski definition) is 6. The molecule has 1 aromatic heterocycles. The fourth-order valence-corrected chi connectivity index (χ4v) is 5.67. The number of nitrogens with zero attached hydrogens (tertiary/aromatic N) is 4. The zero-order valence-corrected chi connectivity index (χ0v) is 17.8. The normalized spacial score (nSPS) is 29.4. The van der Waals surface area contributed by atoms with Gasteiger partial charge in [-0.25, -0.2) is 14.3 Å². The Kier molecular flexibility index (Phi) is 6.79. The second-order valence-corrected chi connectivity index (χ2v) is 9.85. The molecule has 1 aliphatic carbocycles. The minimum atomic E-state index is 0.462. The molecule has 7 heteroatoms. The summed E-state index contributed by atoms with van der Waals surface area (Å²) in [7, 11) is 0. The topological polar surface area (TPSA) is 41.5 Å². The molecule has 0 radical (unpaired) electrons. The highest BCUT2D eigenvalue weighted by Gasteiger charge is 2.43. The lowest BCUT2D eigenvalue weighted by Gasteiger charge is -2.32. The quantitative estimate of drug-likeness (QED) is 0.600. The van der Waals surface area contributed by atoms with Crippen LogP contribution in [-0.2, 0) is 4.74 Å². The van der Waals surface area contributed by atoms with Crippen LogP contribution in [0.3, 0.4) is 0 Å². The first-order chi connectivity index (χ1) is 13.2. The number of hydrogen-bond donors (Lipinski definition) is 0. The van der Waals surface area contributed by atoms with Gasteiger partial charge in [-0.2, -0.15) is 0 Å². The highest BCUT2D eigenvalue weighted by Crippen LogP contribution is 2.50. The molecular weight excluding hydrogens is 380 g/mol. The minimum Gasteiger partial charge on any atom is -0.377 e. The van der Waals surface area contributed by atoms with Crippen LogP contribution in [0, 0.1) is 17.8 Å². The van der Waals surface area contributed by atoms with Crippen LogP contribution in [0.4, 0.5) is 5.95 Å². The van der Waals surface area contributed by atoms with Crippen molar-refractivity contribution < 1.29 is 4.74 Å². The first-order valence-corrected chi connectivity index (χ1v) is 11.8. The van der Waals surface area contributed by atoms with E-state index in [1.54, 1.807) is 12.4 Å². The van der Waals surface area contributed by atoms with Gasteiger partial charge in [0, 0.05) is 38.5 Å². The molecule has 2 saturated heterocycles. The van der Waals surface area contributed by atoms with Crippen LogP contribution < -0.4 is 4.90 Å². The molecule has 3 heterocycles. The molecule has 3 atom stereocenters. The van der Waals surface area contributed by atoms with E-state index in [9.17, 15) is 0 Å². The second kappa shape index (κ2) is 9.29. The zero-order chi connectivity index (χ0) is 18.6. The standard InChI is InChI=1S/C20H31ClN4OS/c1-2-27-25-9-5-18(14-25)26-10-6-16-11-19(16)15-3-7-24(8-4-15)20-22-12-17(21)13-23-20/h12-13,15-16,18-19H,2-11,14H2,1H3. The van der Waals surface area contributed by atoms with Gasteiger partial charge in [0.2, 0.25) is 5.95 Å². The third kappa shape index (κ3) is 5.28. The van der Waals surface area contributed by atoms with E-state index in [1.165, 1.54) is 44.4 Å². The van der Waals surface area contributed by atoms with E-state index in [0.29, 0.717) is 11.1 Å². The third-order valence-corrected chi connectivity index (χ3v) is 7.42. The van der Waals surface area contributed by atoms with Gasteiger partial charge in [-0.3, -0.25) is 0 Å². The monoisotopic (exact) mass is 410 g/mol. The molecule has 3 unspecified atom stereocenters. The van der Waals surface area contributed by atoms with Crippen molar-refractivity contribution in [1.82, 2.24) is 14.3 Å². The smallest absolute Gasteiger partial charge is 0.225 e. The molecule has 0 aromatic carbocycles. The van der Waals surface area contributed by atoms with Crippen molar-refractivity contribution in [2.75, 3.05) is 43.4 Å². The van der Waals surface area contributed by atoms with Crippen molar-refractivity contribution in [1.29, 1.82) is 0 Å². The lowest BCUT2D eigenvalue weighted by atomic mass is 9.90. The molecule has 150 valence electrons. The van der Waals surface area contributed by atoms with Gasteiger partial charge in [0.05, 0.1) is 23.5 Å². The maximum absolute atomic E-state index is 6.16. The average Bonchev–Trinajstić information content (AvgIpc) is 3.32. The van der Waals surface area contributed by atoms with E-state index in [1.807, 2.05) is 11.9 Å². The zero-order valence-electron chi connectivity index (χ0n) is 16.2. The third-order valence-electron chi connectivity index (χ3n) is 6.27. The van der Waals surface area contributed by atoms with E-state index in [0.717, 1.165) is 49.9 Å². The molecule has 5 nitrogen and oxygen atoms in total. The maximum Gasteiger partial charge on any atom is 0.225 e. The SMILES string of the molecule is CCSN1CCC(OCCC2CC2C2CCN(c3ncc(Cl)cn3)CC2)C1. The van der Waals surface area contributed by atoms with Crippen LogP contribution in [0.2, 0.25) is 5.02 Å². The number of piperidine rings is 1. The van der Waals surface area contributed by atoms with Gasteiger partial charge in [-0.15, -0.1) is 0 Å². The van der Waals surface area contributed by atoms with Gasteiger partial charge in [-0.1, -0.05) is 30.5 Å². The Hall–Kier alpha value is -0.560. The summed E-state index contributed by atoms with van der Waals surface area (Å²) in [5.41, 5.74) is 0. The average molecular weight is 411 g/mol. The van der Waals surface area contributed by atoms with Crippen molar-refractivity contribution in [3.63, 3.8) is 0 Å². The summed E-state index contributed by atoms with van der Waals surface area (Å²) in [6, 6.07) is 0. The first-order valence-electron chi connectivity index (χ1n) is 10.4. The van der Waals surface area contributed by atoms with Crippen molar-refractivity contribution in [3.8, 4) is 0 Å². The van der Waals surface area contributed by atoms with Crippen LogP contribution >= 0.6 is 23.5 Å². The Bertz CT molecular complexity index is 596. The molecular formula is C20H31ClN4OS.